The lowest BCUT2D eigenvalue weighted by Crippen LogP contribution is -2.23. The van der Waals surface area contributed by atoms with Crippen LogP contribution in [0.1, 0.15) is 33.6 Å². The molecular weight excluding hydrogens is 208 g/mol. The van der Waals surface area contributed by atoms with Gasteiger partial charge in [0.1, 0.15) is 0 Å². The molecule has 0 spiro atoms. The number of nitrogens with one attached hydrogen (secondary N) is 1. The van der Waals surface area contributed by atoms with Crippen molar-refractivity contribution in [2.24, 2.45) is 11.8 Å². The molecular formula is C15H30N2. The van der Waals surface area contributed by atoms with Crippen LogP contribution in [0, 0.1) is 11.8 Å². The van der Waals surface area contributed by atoms with Gasteiger partial charge in [0, 0.05) is 13.6 Å². The number of hydrogen-bond acceptors (Lipinski definition) is 2. The summed E-state index contributed by atoms with van der Waals surface area (Å²) in [6.45, 7) is 12.8. The van der Waals surface area contributed by atoms with E-state index in [1.807, 2.05) is 13.2 Å². The zero-order valence-corrected chi connectivity index (χ0v) is 12.3. The van der Waals surface area contributed by atoms with Gasteiger partial charge >= 0.3 is 0 Å². The first-order valence-corrected chi connectivity index (χ1v) is 6.62. The predicted octanol–water partition coefficient (Wildman–Crippen LogP) is 3.28. The third-order valence-electron chi connectivity index (χ3n) is 2.91. The van der Waals surface area contributed by atoms with Crippen LogP contribution in [0.2, 0.25) is 0 Å². The summed E-state index contributed by atoms with van der Waals surface area (Å²) in [7, 11) is 4.12. The lowest BCUT2D eigenvalue weighted by atomic mass is 9.94. The van der Waals surface area contributed by atoms with E-state index in [4.69, 9.17) is 0 Å². The Morgan fingerprint density at radius 2 is 2.06 bits per heavy atom. The minimum absolute atomic E-state index is 0.656. The van der Waals surface area contributed by atoms with Gasteiger partial charge < -0.3 is 10.2 Å². The second-order valence-corrected chi connectivity index (χ2v) is 5.45. The Hall–Kier alpha value is -0.760. The summed E-state index contributed by atoms with van der Waals surface area (Å²) in [5.41, 5.74) is 1.24. The van der Waals surface area contributed by atoms with E-state index in [-0.39, 0.29) is 0 Å². The molecule has 100 valence electrons. The van der Waals surface area contributed by atoms with Crippen molar-refractivity contribution in [1.82, 2.24) is 10.2 Å². The van der Waals surface area contributed by atoms with E-state index in [1.54, 1.807) is 0 Å². The Balaban J connectivity index is 3.74. The number of rotatable bonds is 9. The highest BCUT2D eigenvalue weighted by molar-refractivity contribution is 4.91. The molecule has 2 unspecified atom stereocenters. The third-order valence-corrected chi connectivity index (χ3v) is 2.91. The zero-order chi connectivity index (χ0) is 13.3. The molecule has 2 atom stereocenters. The molecule has 0 radical (unpaired) electrons. The lowest BCUT2D eigenvalue weighted by molar-refractivity contribution is 0.312. The quantitative estimate of drug-likeness (QED) is 0.620. The molecule has 0 aliphatic rings. The molecule has 0 rings (SSSR count). The number of nitrogens with zero attached hydrogens (tertiary/aromatic N) is 1. The third kappa shape index (κ3) is 10.1. The Kier molecular flexibility index (Phi) is 8.87. The van der Waals surface area contributed by atoms with Crippen LogP contribution in [0.25, 0.3) is 0 Å². The van der Waals surface area contributed by atoms with Crippen molar-refractivity contribution in [2.75, 3.05) is 27.2 Å². The largest absolute Gasteiger partial charge is 0.394 e. The number of allylic oxidation sites excluding steroid dienone is 1. The number of hydrogen-bond donors (Lipinski definition) is 1. The molecule has 0 fully saturated rings. The van der Waals surface area contributed by atoms with Gasteiger partial charge in [0.05, 0.1) is 0 Å². The summed E-state index contributed by atoms with van der Waals surface area (Å²) in [5.74, 6) is 1.43. The molecule has 0 saturated heterocycles. The first-order chi connectivity index (χ1) is 7.95. The smallest absolute Gasteiger partial charge is 0.0184 e. The second kappa shape index (κ2) is 9.29. The van der Waals surface area contributed by atoms with Crippen LogP contribution in [0.5, 0.6) is 0 Å². The SMILES string of the molecule is C=C(C)CN(C)CCC(C)CC(C)/C=C\NC. The molecule has 17 heavy (non-hydrogen) atoms. The van der Waals surface area contributed by atoms with E-state index in [0.717, 1.165) is 19.0 Å². The van der Waals surface area contributed by atoms with E-state index < -0.39 is 0 Å². The molecule has 0 amide bonds. The Labute approximate surface area is 108 Å². The van der Waals surface area contributed by atoms with Gasteiger partial charge in [-0.25, -0.2) is 0 Å². The van der Waals surface area contributed by atoms with Crippen molar-refractivity contribution in [3.05, 3.63) is 24.4 Å². The number of likely N-dealkylation sites (N-methyl/N-ethyl adjacent to an activating group) is 1. The summed E-state index contributed by atoms with van der Waals surface area (Å²) in [6, 6.07) is 0. The van der Waals surface area contributed by atoms with Crippen LogP contribution in [-0.2, 0) is 0 Å². The molecule has 2 heteroatoms. The van der Waals surface area contributed by atoms with Crippen LogP contribution < -0.4 is 5.32 Å². The van der Waals surface area contributed by atoms with Crippen molar-refractivity contribution in [3.8, 4) is 0 Å². The van der Waals surface area contributed by atoms with Gasteiger partial charge in [-0.15, -0.1) is 0 Å². The maximum Gasteiger partial charge on any atom is 0.0184 e. The van der Waals surface area contributed by atoms with E-state index in [0.29, 0.717) is 5.92 Å². The highest BCUT2D eigenvalue weighted by atomic mass is 15.1. The predicted molar refractivity (Wildman–Crippen MR) is 78.1 cm³/mol. The summed E-state index contributed by atoms with van der Waals surface area (Å²) < 4.78 is 0. The van der Waals surface area contributed by atoms with Crippen LogP contribution in [-0.4, -0.2) is 32.1 Å². The Morgan fingerprint density at radius 1 is 1.41 bits per heavy atom. The van der Waals surface area contributed by atoms with Gasteiger partial charge in [-0.1, -0.05) is 32.1 Å². The van der Waals surface area contributed by atoms with Crippen LogP contribution in [0.3, 0.4) is 0 Å². The highest BCUT2D eigenvalue weighted by Crippen LogP contribution is 2.16. The van der Waals surface area contributed by atoms with Crippen molar-refractivity contribution in [1.29, 1.82) is 0 Å². The fraction of sp³-hybridized carbons (Fsp3) is 0.733. The summed E-state index contributed by atoms with van der Waals surface area (Å²) in [4.78, 5) is 2.35. The standard InChI is InChI=1S/C15H30N2/c1-13(2)12-17(6)10-8-15(4)11-14(3)7-9-16-5/h7,9,14-16H,1,8,10-12H2,2-6H3/b9-7-. The van der Waals surface area contributed by atoms with Crippen LogP contribution in [0.15, 0.2) is 24.4 Å². The molecule has 0 aromatic heterocycles. The topological polar surface area (TPSA) is 15.3 Å². The van der Waals surface area contributed by atoms with Crippen molar-refractivity contribution < 1.29 is 0 Å². The van der Waals surface area contributed by atoms with Crippen molar-refractivity contribution in [2.45, 2.75) is 33.6 Å². The molecule has 0 aromatic carbocycles. The monoisotopic (exact) mass is 238 g/mol. The average molecular weight is 238 g/mol. The molecule has 2 nitrogen and oxygen atoms in total. The average Bonchev–Trinajstić information content (AvgIpc) is 2.22. The first-order valence-electron chi connectivity index (χ1n) is 6.62. The maximum atomic E-state index is 3.95. The molecule has 0 bridgehead atoms. The van der Waals surface area contributed by atoms with Crippen molar-refractivity contribution in [3.63, 3.8) is 0 Å². The van der Waals surface area contributed by atoms with Gasteiger partial charge in [0.2, 0.25) is 0 Å². The first kappa shape index (κ1) is 16.2. The van der Waals surface area contributed by atoms with E-state index >= 15 is 0 Å². The minimum atomic E-state index is 0.656. The van der Waals surface area contributed by atoms with E-state index in [1.165, 1.54) is 18.4 Å². The van der Waals surface area contributed by atoms with E-state index in [2.05, 4.69) is 50.7 Å². The molecule has 0 aliphatic carbocycles. The summed E-state index contributed by atoms with van der Waals surface area (Å²) >= 11 is 0. The second-order valence-electron chi connectivity index (χ2n) is 5.45. The van der Waals surface area contributed by atoms with Gasteiger partial charge in [0.15, 0.2) is 0 Å². The van der Waals surface area contributed by atoms with Gasteiger partial charge in [-0.05, 0) is 51.4 Å². The van der Waals surface area contributed by atoms with Gasteiger partial charge in [-0.2, -0.15) is 0 Å². The Bertz CT molecular complexity index is 233. The molecule has 0 aliphatic heterocycles. The Morgan fingerprint density at radius 3 is 2.59 bits per heavy atom. The maximum absolute atomic E-state index is 3.95. The molecule has 1 N–H and O–H groups in total. The molecule has 0 heterocycles. The normalized spacial score (nSPS) is 15.2. The fourth-order valence-electron chi connectivity index (χ4n) is 2.07. The highest BCUT2D eigenvalue weighted by Gasteiger charge is 2.08. The zero-order valence-electron chi connectivity index (χ0n) is 12.3. The van der Waals surface area contributed by atoms with Crippen LogP contribution >= 0.6 is 0 Å². The molecule has 0 saturated carbocycles. The van der Waals surface area contributed by atoms with Gasteiger partial charge in [0.25, 0.3) is 0 Å². The fourth-order valence-corrected chi connectivity index (χ4v) is 2.07. The minimum Gasteiger partial charge on any atom is -0.394 e. The summed E-state index contributed by atoms with van der Waals surface area (Å²) in [6.07, 6.45) is 6.80. The van der Waals surface area contributed by atoms with Crippen LogP contribution in [0.4, 0.5) is 0 Å². The van der Waals surface area contributed by atoms with Gasteiger partial charge in [-0.3, -0.25) is 0 Å². The van der Waals surface area contributed by atoms with E-state index in [9.17, 15) is 0 Å². The summed E-state index contributed by atoms with van der Waals surface area (Å²) in [5, 5.41) is 3.05. The lowest BCUT2D eigenvalue weighted by Gasteiger charge is -2.20. The van der Waals surface area contributed by atoms with Crippen molar-refractivity contribution >= 4 is 0 Å². The molecule has 0 aromatic rings.